The predicted octanol–water partition coefficient (Wildman–Crippen LogP) is 1.61. The Balaban J connectivity index is 1.97. The van der Waals surface area contributed by atoms with Crippen molar-refractivity contribution >= 4 is 5.78 Å². The van der Waals surface area contributed by atoms with E-state index >= 15 is 0 Å². The molecule has 0 atom stereocenters. The van der Waals surface area contributed by atoms with Gasteiger partial charge in [-0.15, -0.1) is 0 Å². The van der Waals surface area contributed by atoms with Crippen molar-refractivity contribution in [2.75, 3.05) is 47.1 Å². The molecule has 0 saturated carbocycles. The zero-order chi connectivity index (χ0) is 14.4. The van der Waals surface area contributed by atoms with Crippen molar-refractivity contribution in [1.29, 1.82) is 0 Å². The van der Waals surface area contributed by atoms with E-state index in [2.05, 4.69) is 4.90 Å². The summed E-state index contributed by atoms with van der Waals surface area (Å²) < 4.78 is 15.7. The van der Waals surface area contributed by atoms with Gasteiger partial charge in [0.1, 0.15) is 11.5 Å². The van der Waals surface area contributed by atoms with Crippen LogP contribution in [0.25, 0.3) is 0 Å². The first-order chi connectivity index (χ1) is 9.72. The van der Waals surface area contributed by atoms with E-state index in [0.29, 0.717) is 23.5 Å². The monoisotopic (exact) mass is 279 g/mol. The van der Waals surface area contributed by atoms with Gasteiger partial charge in [-0.1, -0.05) is 0 Å². The first kappa shape index (κ1) is 14.8. The number of nitrogens with zero attached hydrogens (tertiary/aromatic N) is 1. The minimum Gasteiger partial charge on any atom is -0.497 e. The van der Waals surface area contributed by atoms with Gasteiger partial charge in [0.2, 0.25) is 0 Å². The molecule has 0 radical (unpaired) electrons. The van der Waals surface area contributed by atoms with Crippen LogP contribution in [0.4, 0.5) is 0 Å². The van der Waals surface area contributed by atoms with Crippen LogP contribution in [0.5, 0.6) is 11.5 Å². The van der Waals surface area contributed by atoms with Crippen LogP contribution in [0, 0.1) is 0 Å². The molecule has 0 aromatic heterocycles. The molecular weight excluding hydrogens is 258 g/mol. The Kier molecular flexibility index (Phi) is 5.38. The SMILES string of the molecule is COc1cc(OC)cc(C(=O)CCN2CCOCC2)c1. The fraction of sp³-hybridized carbons (Fsp3) is 0.533. The summed E-state index contributed by atoms with van der Waals surface area (Å²) in [6.45, 7) is 4.06. The molecule has 1 aromatic rings. The lowest BCUT2D eigenvalue weighted by Gasteiger charge is -2.26. The van der Waals surface area contributed by atoms with Gasteiger partial charge in [-0.2, -0.15) is 0 Å². The van der Waals surface area contributed by atoms with E-state index in [-0.39, 0.29) is 5.78 Å². The zero-order valence-electron chi connectivity index (χ0n) is 12.1. The minimum atomic E-state index is 0.105. The Bertz CT molecular complexity index is 433. The number of Topliss-reactive ketones (excluding diaryl/α,β-unsaturated/α-hetero) is 1. The quantitative estimate of drug-likeness (QED) is 0.740. The Morgan fingerprint density at radius 1 is 1.15 bits per heavy atom. The fourth-order valence-corrected chi connectivity index (χ4v) is 2.20. The second-order valence-electron chi connectivity index (χ2n) is 4.73. The summed E-state index contributed by atoms with van der Waals surface area (Å²) in [6.07, 6.45) is 0.496. The molecule has 5 nitrogen and oxygen atoms in total. The van der Waals surface area contributed by atoms with Crippen LogP contribution in [-0.4, -0.2) is 57.8 Å². The van der Waals surface area contributed by atoms with Crippen molar-refractivity contribution in [2.24, 2.45) is 0 Å². The molecule has 1 heterocycles. The van der Waals surface area contributed by atoms with Gasteiger partial charge >= 0.3 is 0 Å². The van der Waals surface area contributed by atoms with Crippen LogP contribution in [0.2, 0.25) is 0 Å². The molecular formula is C15H21NO4. The molecule has 1 aliphatic rings. The number of ketones is 1. The molecule has 0 amide bonds. The number of ether oxygens (including phenoxy) is 3. The number of morpholine rings is 1. The van der Waals surface area contributed by atoms with E-state index in [9.17, 15) is 4.79 Å². The normalized spacial score (nSPS) is 15.9. The van der Waals surface area contributed by atoms with Crippen molar-refractivity contribution in [3.8, 4) is 11.5 Å². The Morgan fingerprint density at radius 2 is 1.75 bits per heavy atom. The lowest BCUT2D eigenvalue weighted by atomic mass is 10.1. The van der Waals surface area contributed by atoms with E-state index in [1.54, 1.807) is 32.4 Å². The summed E-state index contributed by atoms with van der Waals surface area (Å²) in [5.41, 5.74) is 0.634. The summed E-state index contributed by atoms with van der Waals surface area (Å²) in [5, 5.41) is 0. The topological polar surface area (TPSA) is 48.0 Å². The first-order valence-corrected chi connectivity index (χ1v) is 6.79. The molecule has 1 fully saturated rings. The highest BCUT2D eigenvalue weighted by Gasteiger charge is 2.14. The summed E-state index contributed by atoms with van der Waals surface area (Å²) >= 11 is 0. The summed E-state index contributed by atoms with van der Waals surface area (Å²) in [5.74, 6) is 1.38. The van der Waals surface area contributed by atoms with Crippen LogP contribution in [-0.2, 0) is 4.74 Å². The van der Waals surface area contributed by atoms with Crippen LogP contribution < -0.4 is 9.47 Å². The summed E-state index contributed by atoms with van der Waals surface area (Å²) in [6, 6.07) is 5.27. The maximum atomic E-state index is 12.3. The number of rotatable bonds is 6. The van der Waals surface area contributed by atoms with E-state index < -0.39 is 0 Å². The average molecular weight is 279 g/mol. The molecule has 110 valence electrons. The van der Waals surface area contributed by atoms with Crippen LogP contribution in [0.1, 0.15) is 16.8 Å². The Morgan fingerprint density at radius 3 is 2.30 bits per heavy atom. The molecule has 1 aliphatic heterocycles. The highest BCUT2D eigenvalue weighted by molar-refractivity contribution is 5.97. The van der Waals surface area contributed by atoms with E-state index in [4.69, 9.17) is 14.2 Å². The first-order valence-electron chi connectivity index (χ1n) is 6.79. The number of carbonyl (C=O) groups excluding carboxylic acids is 1. The molecule has 5 heteroatoms. The predicted molar refractivity (Wildman–Crippen MR) is 75.8 cm³/mol. The van der Waals surface area contributed by atoms with E-state index in [0.717, 1.165) is 32.8 Å². The van der Waals surface area contributed by atoms with Crippen molar-refractivity contribution in [2.45, 2.75) is 6.42 Å². The third kappa shape index (κ3) is 3.95. The van der Waals surface area contributed by atoms with Crippen molar-refractivity contribution < 1.29 is 19.0 Å². The zero-order valence-corrected chi connectivity index (χ0v) is 12.1. The van der Waals surface area contributed by atoms with Crippen LogP contribution in [0.15, 0.2) is 18.2 Å². The molecule has 0 N–H and O–H groups in total. The van der Waals surface area contributed by atoms with Gasteiger partial charge < -0.3 is 14.2 Å². The van der Waals surface area contributed by atoms with Crippen molar-refractivity contribution in [1.82, 2.24) is 4.90 Å². The van der Waals surface area contributed by atoms with Crippen LogP contribution in [0.3, 0.4) is 0 Å². The van der Waals surface area contributed by atoms with Gasteiger partial charge in [0.15, 0.2) is 5.78 Å². The number of benzene rings is 1. The van der Waals surface area contributed by atoms with Crippen LogP contribution >= 0.6 is 0 Å². The number of carbonyl (C=O) groups is 1. The third-order valence-corrected chi connectivity index (χ3v) is 3.43. The highest BCUT2D eigenvalue weighted by Crippen LogP contribution is 2.23. The lowest BCUT2D eigenvalue weighted by molar-refractivity contribution is 0.0370. The maximum Gasteiger partial charge on any atom is 0.164 e. The molecule has 1 saturated heterocycles. The number of methoxy groups -OCH3 is 2. The van der Waals surface area contributed by atoms with E-state index in [1.807, 2.05) is 0 Å². The van der Waals surface area contributed by atoms with Gasteiger partial charge in [-0.25, -0.2) is 0 Å². The van der Waals surface area contributed by atoms with Gasteiger partial charge in [0.25, 0.3) is 0 Å². The molecule has 0 unspecified atom stereocenters. The molecule has 2 rings (SSSR count). The fourth-order valence-electron chi connectivity index (χ4n) is 2.20. The molecule has 1 aromatic carbocycles. The second-order valence-corrected chi connectivity index (χ2v) is 4.73. The highest BCUT2D eigenvalue weighted by atomic mass is 16.5. The Labute approximate surface area is 119 Å². The standard InChI is InChI=1S/C15H21NO4/c1-18-13-9-12(10-14(11-13)19-2)15(17)3-4-16-5-7-20-8-6-16/h9-11H,3-8H2,1-2H3. The maximum absolute atomic E-state index is 12.3. The van der Waals surface area contributed by atoms with Gasteiger partial charge in [0.05, 0.1) is 27.4 Å². The lowest BCUT2D eigenvalue weighted by Crippen LogP contribution is -2.37. The molecule has 0 spiro atoms. The largest absolute Gasteiger partial charge is 0.497 e. The van der Waals surface area contributed by atoms with E-state index in [1.165, 1.54) is 0 Å². The number of hydrogen-bond donors (Lipinski definition) is 0. The smallest absolute Gasteiger partial charge is 0.164 e. The number of hydrogen-bond acceptors (Lipinski definition) is 5. The van der Waals surface area contributed by atoms with Gasteiger partial charge in [0, 0.05) is 37.7 Å². The van der Waals surface area contributed by atoms with Gasteiger partial charge in [-0.05, 0) is 12.1 Å². The summed E-state index contributed by atoms with van der Waals surface area (Å²) in [4.78, 5) is 14.5. The van der Waals surface area contributed by atoms with Gasteiger partial charge in [-0.3, -0.25) is 9.69 Å². The Hall–Kier alpha value is -1.59. The third-order valence-electron chi connectivity index (χ3n) is 3.43. The molecule has 0 aliphatic carbocycles. The molecule has 20 heavy (non-hydrogen) atoms. The second kappa shape index (κ2) is 7.26. The molecule has 0 bridgehead atoms. The average Bonchev–Trinajstić information content (AvgIpc) is 2.52. The van der Waals surface area contributed by atoms with Crippen molar-refractivity contribution in [3.63, 3.8) is 0 Å². The van der Waals surface area contributed by atoms with Crippen molar-refractivity contribution in [3.05, 3.63) is 23.8 Å². The minimum absolute atomic E-state index is 0.105. The summed E-state index contributed by atoms with van der Waals surface area (Å²) in [7, 11) is 3.16.